The molecule has 1 saturated heterocycles. The molecule has 144 valence electrons. The van der Waals surface area contributed by atoms with E-state index in [4.69, 9.17) is 4.74 Å². The zero-order valence-electron chi connectivity index (χ0n) is 15.8. The largest absolute Gasteiger partial charge is 0.426 e. The van der Waals surface area contributed by atoms with Crippen LogP contribution in [0.5, 0.6) is 5.75 Å². The highest BCUT2D eigenvalue weighted by Crippen LogP contribution is 2.24. The highest BCUT2D eigenvalue weighted by Gasteiger charge is 2.26. The Hall–Kier alpha value is -2.18. The second-order valence-electron chi connectivity index (χ2n) is 6.95. The van der Waals surface area contributed by atoms with E-state index in [9.17, 15) is 13.2 Å². The van der Waals surface area contributed by atoms with Gasteiger partial charge in [0.2, 0.25) is 10.0 Å². The van der Waals surface area contributed by atoms with Crippen molar-refractivity contribution in [1.82, 2.24) is 4.31 Å². The van der Waals surface area contributed by atoms with Gasteiger partial charge in [0.15, 0.2) is 0 Å². The molecule has 0 spiro atoms. The van der Waals surface area contributed by atoms with Crippen molar-refractivity contribution >= 4 is 16.0 Å². The van der Waals surface area contributed by atoms with Gasteiger partial charge < -0.3 is 4.74 Å². The molecule has 0 amide bonds. The van der Waals surface area contributed by atoms with Crippen LogP contribution in [0.25, 0.3) is 0 Å². The van der Waals surface area contributed by atoms with Crippen LogP contribution in [0.4, 0.5) is 0 Å². The molecule has 6 heteroatoms. The summed E-state index contributed by atoms with van der Waals surface area (Å²) in [7, 11) is -3.40. The molecule has 0 atom stereocenters. The Morgan fingerprint density at radius 2 is 1.59 bits per heavy atom. The maximum absolute atomic E-state index is 12.5. The highest BCUT2D eigenvalue weighted by atomic mass is 32.2. The van der Waals surface area contributed by atoms with Crippen LogP contribution in [-0.4, -0.2) is 31.8 Å². The van der Waals surface area contributed by atoms with Crippen molar-refractivity contribution in [2.24, 2.45) is 0 Å². The minimum atomic E-state index is -3.40. The molecule has 3 rings (SSSR count). The fraction of sp³-hybridized carbons (Fsp3) is 0.381. The lowest BCUT2D eigenvalue weighted by Gasteiger charge is -2.15. The van der Waals surface area contributed by atoms with Crippen molar-refractivity contribution < 1.29 is 17.9 Å². The van der Waals surface area contributed by atoms with Crippen molar-refractivity contribution in [2.45, 2.75) is 44.4 Å². The first-order chi connectivity index (χ1) is 12.9. The number of sulfonamides is 1. The number of hydrogen-bond donors (Lipinski definition) is 0. The molecular weight excluding hydrogens is 362 g/mol. The SMILES string of the molecule is Cc1cccc(C)c1OC(=O)CCc1ccc(S(=O)(=O)N2CCCC2)cc1. The summed E-state index contributed by atoms with van der Waals surface area (Å²) in [4.78, 5) is 12.5. The molecule has 1 heterocycles. The molecule has 0 saturated carbocycles. The van der Waals surface area contributed by atoms with Crippen LogP contribution in [0.1, 0.15) is 36.0 Å². The second kappa shape index (κ2) is 8.23. The van der Waals surface area contributed by atoms with Crippen LogP contribution in [0.3, 0.4) is 0 Å². The number of para-hydroxylation sites is 1. The van der Waals surface area contributed by atoms with Gasteiger partial charge in [-0.05, 0) is 61.9 Å². The molecule has 0 aromatic heterocycles. The summed E-state index contributed by atoms with van der Waals surface area (Å²) >= 11 is 0. The fourth-order valence-corrected chi connectivity index (χ4v) is 4.79. The maximum Gasteiger partial charge on any atom is 0.311 e. The Balaban J connectivity index is 1.59. The number of hydrogen-bond acceptors (Lipinski definition) is 4. The predicted molar refractivity (Wildman–Crippen MR) is 104 cm³/mol. The van der Waals surface area contributed by atoms with Crippen LogP contribution < -0.4 is 4.74 Å². The average Bonchev–Trinajstić information content (AvgIpc) is 3.19. The van der Waals surface area contributed by atoms with E-state index >= 15 is 0 Å². The van der Waals surface area contributed by atoms with E-state index in [0.717, 1.165) is 29.5 Å². The van der Waals surface area contributed by atoms with Gasteiger partial charge in [0.25, 0.3) is 0 Å². The summed E-state index contributed by atoms with van der Waals surface area (Å²) in [6.45, 7) is 5.01. The first-order valence-electron chi connectivity index (χ1n) is 9.24. The first-order valence-corrected chi connectivity index (χ1v) is 10.7. The molecule has 0 radical (unpaired) electrons. The Labute approximate surface area is 161 Å². The van der Waals surface area contributed by atoms with Crippen molar-refractivity contribution in [1.29, 1.82) is 0 Å². The number of benzene rings is 2. The molecule has 0 aliphatic carbocycles. The Morgan fingerprint density at radius 3 is 2.19 bits per heavy atom. The molecule has 1 fully saturated rings. The van der Waals surface area contributed by atoms with Gasteiger partial charge in [0, 0.05) is 19.5 Å². The van der Waals surface area contributed by atoms with Gasteiger partial charge in [-0.2, -0.15) is 4.31 Å². The van der Waals surface area contributed by atoms with Gasteiger partial charge in [-0.25, -0.2) is 8.42 Å². The number of rotatable bonds is 6. The highest BCUT2D eigenvalue weighted by molar-refractivity contribution is 7.89. The first kappa shape index (κ1) is 19.6. The average molecular weight is 388 g/mol. The van der Waals surface area contributed by atoms with Gasteiger partial charge in [0.05, 0.1) is 4.90 Å². The maximum atomic E-state index is 12.5. The van der Waals surface area contributed by atoms with E-state index in [1.54, 1.807) is 24.3 Å². The Bertz CT molecular complexity index is 893. The summed E-state index contributed by atoms with van der Waals surface area (Å²) in [6, 6.07) is 12.5. The number of esters is 1. The Kier molecular flexibility index (Phi) is 5.97. The lowest BCUT2D eigenvalue weighted by molar-refractivity contribution is -0.134. The minimum absolute atomic E-state index is 0.242. The van der Waals surface area contributed by atoms with E-state index in [1.807, 2.05) is 32.0 Å². The summed E-state index contributed by atoms with van der Waals surface area (Å²) in [6.07, 6.45) is 2.58. The smallest absolute Gasteiger partial charge is 0.311 e. The zero-order chi connectivity index (χ0) is 19.4. The van der Waals surface area contributed by atoms with E-state index < -0.39 is 10.0 Å². The molecule has 27 heavy (non-hydrogen) atoms. The fourth-order valence-electron chi connectivity index (χ4n) is 3.28. The summed E-state index contributed by atoms with van der Waals surface area (Å²) in [5.74, 6) is 0.329. The van der Waals surface area contributed by atoms with Gasteiger partial charge in [0.1, 0.15) is 5.75 Å². The molecule has 5 nitrogen and oxygen atoms in total. The standard InChI is InChI=1S/C21H25NO4S/c1-16-6-5-7-17(2)21(16)26-20(23)13-10-18-8-11-19(12-9-18)27(24,25)22-14-3-4-15-22/h5-9,11-12H,3-4,10,13-15H2,1-2H3. The summed E-state index contributed by atoms with van der Waals surface area (Å²) in [5.41, 5.74) is 2.77. The third kappa shape index (κ3) is 4.57. The molecule has 0 N–H and O–H groups in total. The van der Waals surface area contributed by atoms with Crippen LogP contribution in [0, 0.1) is 13.8 Å². The molecular formula is C21H25NO4S. The summed E-state index contributed by atoms with van der Waals surface area (Å²) in [5, 5.41) is 0. The van der Waals surface area contributed by atoms with Crippen LogP contribution >= 0.6 is 0 Å². The molecule has 1 aliphatic rings. The second-order valence-corrected chi connectivity index (χ2v) is 8.89. The number of aryl methyl sites for hydroxylation is 3. The molecule has 0 bridgehead atoms. The third-order valence-electron chi connectivity index (χ3n) is 4.87. The quantitative estimate of drug-likeness (QED) is 0.561. The minimum Gasteiger partial charge on any atom is -0.426 e. The van der Waals surface area contributed by atoms with Crippen molar-refractivity contribution in [2.75, 3.05) is 13.1 Å². The number of carbonyl (C=O) groups is 1. The number of carbonyl (C=O) groups excluding carboxylic acids is 1. The molecule has 2 aromatic rings. The van der Waals surface area contributed by atoms with E-state index in [2.05, 4.69) is 0 Å². The van der Waals surface area contributed by atoms with Crippen LogP contribution in [0.15, 0.2) is 47.4 Å². The third-order valence-corrected chi connectivity index (χ3v) is 6.78. The van der Waals surface area contributed by atoms with Gasteiger partial charge in [-0.15, -0.1) is 0 Å². The molecule has 1 aliphatic heterocycles. The lowest BCUT2D eigenvalue weighted by Crippen LogP contribution is -2.27. The van der Waals surface area contributed by atoms with Crippen molar-refractivity contribution in [3.63, 3.8) is 0 Å². The van der Waals surface area contributed by atoms with Gasteiger partial charge >= 0.3 is 5.97 Å². The van der Waals surface area contributed by atoms with Crippen molar-refractivity contribution in [3.05, 3.63) is 59.2 Å². The number of ether oxygens (including phenoxy) is 1. The molecule has 0 unspecified atom stereocenters. The normalized spacial score (nSPS) is 15.0. The Morgan fingerprint density at radius 1 is 1.00 bits per heavy atom. The van der Waals surface area contributed by atoms with Crippen LogP contribution in [-0.2, 0) is 21.2 Å². The molecule has 2 aromatic carbocycles. The number of nitrogens with zero attached hydrogens (tertiary/aromatic N) is 1. The van der Waals surface area contributed by atoms with Gasteiger partial charge in [-0.1, -0.05) is 30.3 Å². The monoisotopic (exact) mass is 387 g/mol. The zero-order valence-corrected chi connectivity index (χ0v) is 16.6. The summed E-state index contributed by atoms with van der Waals surface area (Å²) < 4.78 is 32.1. The lowest BCUT2D eigenvalue weighted by atomic mass is 10.1. The van der Waals surface area contributed by atoms with E-state index in [0.29, 0.717) is 30.2 Å². The topological polar surface area (TPSA) is 63.7 Å². The van der Waals surface area contributed by atoms with Gasteiger partial charge in [-0.3, -0.25) is 4.79 Å². The van der Waals surface area contributed by atoms with Crippen molar-refractivity contribution in [3.8, 4) is 5.75 Å². The van der Waals surface area contributed by atoms with E-state index in [-0.39, 0.29) is 12.4 Å². The van der Waals surface area contributed by atoms with Crippen LogP contribution in [0.2, 0.25) is 0 Å². The van der Waals surface area contributed by atoms with E-state index in [1.165, 1.54) is 4.31 Å². The predicted octanol–water partition coefficient (Wildman–Crippen LogP) is 3.63.